The van der Waals surface area contributed by atoms with Gasteiger partial charge in [0.1, 0.15) is 4.32 Å². The Kier molecular flexibility index (Phi) is 7.27. The Bertz CT molecular complexity index is 676. The summed E-state index contributed by atoms with van der Waals surface area (Å²) in [6, 6.07) is 7.28. The predicted octanol–water partition coefficient (Wildman–Crippen LogP) is 4.27. The van der Waals surface area contributed by atoms with Crippen molar-refractivity contribution in [2.45, 2.75) is 26.2 Å². The van der Waals surface area contributed by atoms with Gasteiger partial charge in [0.15, 0.2) is 0 Å². The predicted molar refractivity (Wildman–Crippen MR) is 102 cm³/mol. The first-order chi connectivity index (χ1) is 11.5. The van der Waals surface area contributed by atoms with E-state index in [4.69, 9.17) is 28.6 Å². The second kappa shape index (κ2) is 9.20. The number of thiocarbonyl (C=S) groups is 1. The van der Waals surface area contributed by atoms with E-state index >= 15 is 0 Å². The smallest absolute Gasteiger partial charge is 0.305 e. The van der Waals surface area contributed by atoms with Crippen molar-refractivity contribution in [1.29, 1.82) is 0 Å². The summed E-state index contributed by atoms with van der Waals surface area (Å²) >= 11 is 12.5. The third kappa shape index (κ3) is 5.33. The monoisotopic (exact) mass is 383 g/mol. The molecule has 2 rings (SSSR count). The van der Waals surface area contributed by atoms with Gasteiger partial charge in [-0.1, -0.05) is 54.6 Å². The van der Waals surface area contributed by atoms with Gasteiger partial charge in [0.2, 0.25) is 0 Å². The number of amides is 1. The van der Waals surface area contributed by atoms with Crippen LogP contribution >= 0.6 is 35.6 Å². The topological polar surface area (TPSA) is 46.6 Å². The summed E-state index contributed by atoms with van der Waals surface area (Å²) in [5, 5.41) is 0.616. The maximum atomic E-state index is 12.5. The largest absolute Gasteiger partial charge is 0.466 e. The van der Waals surface area contributed by atoms with Gasteiger partial charge in [0.05, 0.1) is 11.5 Å². The Morgan fingerprint density at radius 1 is 1.46 bits per heavy atom. The number of ether oxygens (including phenoxy) is 1. The molecule has 4 nitrogen and oxygen atoms in total. The van der Waals surface area contributed by atoms with Crippen LogP contribution in [0, 0.1) is 0 Å². The van der Waals surface area contributed by atoms with E-state index in [-0.39, 0.29) is 18.3 Å². The second-order valence-electron chi connectivity index (χ2n) is 5.21. The van der Waals surface area contributed by atoms with Crippen LogP contribution < -0.4 is 0 Å². The zero-order valence-corrected chi connectivity index (χ0v) is 15.7. The van der Waals surface area contributed by atoms with Crippen LogP contribution in [0.2, 0.25) is 5.02 Å². The Labute approximate surface area is 156 Å². The number of carbonyl (C=O) groups excluding carboxylic acids is 2. The fourth-order valence-corrected chi connectivity index (χ4v) is 3.62. The van der Waals surface area contributed by atoms with E-state index in [1.807, 2.05) is 19.1 Å². The maximum absolute atomic E-state index is 12.5. The molecule has 1 aromatic carbocycles. The van der Waals surface area contributed by atoms with Gasteiger partial charge in [-0.15, -0.1) is 0 Å². The number of rotatable bonds is 7. The van der Waals surface area contributed by atoms with Crippen molar-refractivity contribution >= 4 is 57.9 Å². The fraction of sp³-hybridized carbons (Fsp3) is 0.353. The molecule has 0 atom stereocenters. The van der Waals surface area contributed by atoms with E-state index < -0.39 is 0 Å². The van der Waals surface area contributed by atoms with E-state index in [1.165, 1.54) is 16.7 Å². The van der Waals surface area contributed by atoms with Crippen LogP contribution in [0.15, 0.2) is 29.2 Å². The molecule has 1 aromatic rings. The van der Waals surface area contributed by atoms with E-state index in [9.17, 15) is 9.59 Å². The van der Waals surface area contributed by atoms with Crippen LogP contribution in [-0.2, 0) is 14.3 Å². The average molecular weight is 384 g/mol. The maximum Gasteiger partial charge on any atom is 0.305 e. The van der Waals surface area contributed by atoms with Crippen LogP contribution in [0.1, 0.15) is 31.7 Å². The molecule has 0 saturated carbocycles. The van der Waals surface area contributed by atoms with Gasteiger partial charge in [0.25, 0.3) is 5.91 Å². The highest BCUT2D eigenvalue weighted by Gasteiger charge is 2.31. The number of halogens is 1. The average Bonchev–Trinajstić information content (AvgIpc) is 2.80. The molecule has 1 aliphatic heterocycles. The molecule has 0 bridgehead atoms. The quantitative estimate of drug-likeness (QED) is 0.399. The molecular weight excluding hydrogens is 366 g/mol. The van der Waals surface area contributed by atoms with Crippen molar-refractivity contribution in [3.63, 3.8) is 0 Å². The summed E-state index contributed by atoms with van der Waals surface area (Å²) in [5.41, 5.74) is 0.853. The first-order valence-corrected chi connectivity index (χ1v) is 9.28. The number of hydrogen-bond donors (Lipinski definition) is 0. The molecule has 0 radical (unpaired) electrons. The van der Waals surface area contributed by atoms with Gasteiger partial charge in [-0.3, -0.25) is 14.5 Å². The highest BCUT2D eigenvalue weighted by Crippen LogP contribution is 2.33. The molecule has 1 amide bonds. The summed E-state index contributed by atoms with van der Waals surface area (Å²) in [4.78, 5) is 26.0. The Balaban J connectivity index is 1.93. The van der Waals surface area contributed by atoms with Gasteiger partial charge in [-0.2, -0.15) is 0 Å². The number of nitrogens with zero attached hydrogens (tertiary/aromatic N) is 1. The molecular formula is C17H18ClNO3S2. The van der Waals surface area contributed by atoms with Crippen LogP contribution in [0.5, 0.6) is 0 Å². The molecule has 1 heterocycles. The van der Waals surface area contributed by atoms with Crippen LogP contribution in [0.25, 0.3) is 6.08 Å². The SMILES string of the molecule is CCCOC(=O)CCCN1C(=O)/C(=C/c2cccc(Cl)c2)SC1=S. The molecule has 24 heavy (non-hydrogen) atoms. The minimum absolute atomic E-state index is 0.132. The second-order valence-corrected chi connectivity index (χ2v) is 7.32. The lowest BCUT2D eigenvalue weighted by molar-refractivity contribution is -0.144. The standard InChI is InChI=1S/C17H18ClNO3S2/c1-2-9-22-15(20)7-4-8-19-16(21)14(24-17(19)23)11-12-5-3-6-13(18)10-12/h3,5-6,10-11H,2,4,7-9H2,1H3/b14-11-. The van der Waals surface area contributed by atoms with Crippen molar-refractivity contribution < 1.29 is 14.3 Å². The molecule has 7 heteroatoms. The van der Waals surface area contributed by atoms with Gasteiger partial charge in [-0.25, -0.2) is 0 Å². The normalized spacial score (nSPS) is 16.1. The molecule has 1 saturated heterocycles. The van der Waals surface area contributed by atoms with E-state index in [0.29, 0.717) is 33.8 Å². The van der Waals surface area contributed by atoms with Crippen LogP contribution in [0.3, 0.4) is 0 Å². The van der Waals surface area contributed by atoms with Gasteiger partial charge >= 0.3 is 5.97 Å². The molecule has 0 N–H and O–H groups in total. The van der Waals surface area contributed by atoms with E-state index in [2.05, 4.69) is 0 Å². The van der Waals surface area contributed by atoms with Crippen LogP contribution in [-0.4, -0.2) is 34.2 Å². The third-order valence-electron chi connectivity index (χ3n) is 3.25. The number of esters is 1. The molecule has 0 spiro atoms. The molecule has 1 fully saturated rings. The summed E-state index contributed by atoms with van der Waals surface area (Å²) in [6.07, 6.45) is 3.39. The highest BCUT2D eigenvalue weighted by molar-refractivity contribution is 8.26. The minimum Gasteiger partial charge on any atom is -0.466 e. The zero-order valence-electron chi connectivity index (χ0n) is 13.3. The zero-order chi connectivity index (χ0) is 17.5. The Hall–Kier alpha value is -1.37. The summed E-state index contributed by atoms with van der Waals surface area (Å²) < 4.78 is 5.53. The first kappa shape index (κ1) is 19.0. The summed E-state index contributed by atoms with van der Waals surface area (Å²) in [6.45, 7) is 2.79. The molecule has 1 aliphatic rings. The third-order valence-corrected chi connectivity index (χ3v) is 4.86. The minimum atomic E-state index is -0.239. The first-order valence-electron chi connectivity index (χ1n) is 7.68. The number of benzene rings is 1. The lowest BCUT2D eigenvalue weighted by Gasteiger charge is -2.13. The lowest BCUT2D eigenvalue weighted by atomic mass is 10.2. The van der Waals surface area contributed by atoms with Crippen LogP contribution in [0.4, 0.5) is 0 Å². The van der Waals surface area contributed by atoms with Gasteiger partial charge in [-0.05, 0) is 36.6 Å². The van der Waals surface area contributed by atoms with Crippen molar-refractivity contribution in [3.05, 3.63) is 39.8 Å². The van der Waals surface area contributed by atoms with Crippen molar-refractivity contribution in [2.24, 2.45) is 0 Å². The van der Waals surface area contributed by atoms with Crippen molar-refractivity contribution in [1.82, 2.24) is 4.90 Å². The molecule has 0 aliphatic carbocycles. The van der Waals surface area contributed by atoms with E-state index in [0.717, 1.165) is 12.0 Å². The number of hydrogen-bond acceptors (Lipinski definition) is 5. The molecule has 0 aromatic heterocycles. The molecule has 0 unspecified atom stereocenters. The van der Waals surface area contributed by atoms with Gasteiger partial charge in [0, 0.05) is 18.0 Å². The fourth-order valence-electron chi connectivity index (χ4n) is 2.11. The van der Waals surface area contributed by atoms with Crippen molar-refractivity contribution in [3.8, 4) is 0 Å². The number of thioether (sulfide) groups is 1. The number of carbonyl (C=O) groups is 2. The molecule has 128 valence electrons. The lowest BCUT2D eigenvalue weighted by Crippen LogP contribution is -2.29. The Morgan fingerprint density at radius 3 is 2.96 bits per heavy atom. The summed E-state index contributed by atoms with van der Waals surface area (Å²) in [7, 11) is 0. The summed E-state index contributed by atoms with van der Waals surface area (Å²) in [5.74, 6) is -0.372. The highest BCUT2D eigenvalue weighted by atomic mass is 35.5. The Morgan fingerprint density at radius 2 is 2.25 bits per heavy atom. The van der Waals surface area contributed by atoms with Gasteiger partial charge < -0.3 is 4.74 Å². The van der Waals surface area contributed by atoms with Crippen molar-refractivity contribution in [2.75, 3.05) is 13.2 Å². The van der Waals surface area contributed by atoms with E-state index in [1.54, 1.807) is 18.2 Å².